The average molecular weight is 370 g/mol. The molecule has 0 bridgehead atoms. The molecule has 1 amide bonds. The Balaban J connectivity index is 1.55. The van der Waals surface area contributed by atoms with E-state index >= 15 is 0 Å². The van der Waals surface area contributed by atoms with E-state index in [0.717, 1.165) is 51.6 Å². The van der Waals surface area contributed by atoms with Crippen molar-refractivity contribution in [3.05, 3.63) is 0 Å². The Kier molecular flexibility index (Phi) is 4.02. The van der Waals surface area contributed by atoms with Crippen molar-refractivity contribution in [1.82, 2.24) is 14.1 Å². The molecule has 2 saturated heterocycles. The van der Waals surface area contributed by atoms with Gasteiger partial charge >= 0.3 is 0 Å². The van der Waals surface area contributed by atoms with Crippen molar-refractivity contribution in [2.45, 2.75) is 43.8 Å². The summed E-state index contributed by atoms with van der Waals surface area (Å²) in [5.74, 6) is 0.637. The topological polar surface area (TPSA) is 60.9 Å². The second kappa shape index (κ2) is 5.67. The summed E-state index contributed by atoms with van der Waals surface area (Å²) in [6, 6.07) is 0. The van der Waals surface area contributed by atoms with Gasteiger partial charge in [-0.3, -0.25) is 4.79 Å². The maximum absolute atomic E-state index is 13.0. The SMILES string of the molecule is CN1C[C@@H]2C3(CCN(S(=O)(=O)C4CC4)CC3)CC[C@]2(C(=O)N(C)C)C1. The summed E-state index contributed by atoms with van der Waals surface area (Å²) in [4.78, 5) is 17.1. The third kappa shape index (κ3) is 2.57. The lowest BCUT2D eigenvalue weighted by Gasteiger charge is -2.44. The van der Waals surface area contributed by atoms with Crippen LogP contribution in [0.15, 0.2) is 0 Å². The molecule has 2 saturated carbocycles. The van der Waals surface area contributed by atoms with E-state index in [1.165, 1.54) is 0 Å². The van der Waals surface area contributed by atoms with Crippen LogP contribution in [0, 0.1) is 16.7 Å². The first-order valence-corrected chi connectivity index (χ1v) is 11.1. The largest absolute Gasteiger partial charge is 0.348 e. The van der Waals surface area contributed by atoms with Gasteiger partial charge in [-0.2, -0.15) is 0 Å². The zero-order valence-electron chi connectivity index (χ0n) is 15.7. The maximum Gasteiger partial charge on any atom is 0.229 e. The van der Waals surface area contributed by atoms with Crippen LogP contribution in [-0.2, 0) is 14.8 Å². The van der Waals surface area contributed by atoms with E-state index in [2.05, 4.69) is 11.9 Å². The molecule has 4 fully saturated rings. The zero-order valence-corrected chi connectivity index (χ0v) is 16.5. The molecule has 2 aliphatic carbocycles. The van der Waals surface area contributed by atoms with E-state index < -0.39 is 10.0 Å². The monoisotopic (exact) mass is 369 g/mol. The number of hydrogen-bond acceptors (Lipinski definition) is 4. The number of amides is 1. The van der Waals surface area contributed by atoms with Crippen LogP contribution in [0.1, 0.15) is 38.5 Å². The molecular weight excluding hydrogens is 338 g/mol. The van der Waals surface area contributed by atoms with Crippen LogP contribution in [-0.4, -0.2) is 81.0 Å². The number of likely N-dealkylation sites (tertiary alicyclic amines) is 1. The number of fused-ring (bicyclic) bond motifs is 2. The minimum Gasteiger partial charge on any atom is -0.348 e. The third-order valence-electron chi connectivity index (χ3n) is 7.38. The molecule has 1 spiro atoms. The van der Waals surface area contributed by atoms with Crippen LogP contribution in [0.5, 0.6) is 0 Å². The van der Waals surface area contributed by atoms with Crippen molar-refractivity contribution in [3.63, 3.8) is 0 Å². The first-order valence-electron chi connectivity index (χ1n) is 9.61. The Morgan fingerprint density at radius 3 is 2.28 bits per heavy atom. The smallest absolute Gasteiger partial charge is 0.229 e. The van der Waals surface area contributed by atoms with Crippen molar-refractivity contribution in [3.8, 4) is 0 Å². The van der Waals surface area contributed by atoms with Crippen LogP contribution >= 0.6 is 0 Å². The third-order valence-corrected chi connectivity index (χ3v) is 9.78. The molecule has 0 aromatic rings. The van der Waals surface area contributed by atoms with Gasteiger partial charge in [0.1, 0.15) is 0 Å². The maximum atomic E-state index is 13.0. The highest BCUT2D eigenvalue weighted by Crippen LogP contribution is 2.62. The highest BCUT2D eigenvalue weighted by molar-refractivity contribution is 7.90. The van der Waals surface area contributed by atoms with Gasteiger partial charge in [-0.15, -0.1) is 0 Å². The lowest BCUT2D eigenvalue weighted by molar-refractivity contribution is -0.141. The fraction of sp³-hybridized carbons (Fsp3) is 0.944. The van der Waals surface area contributed by atoms with Gasteiger partial charge in [0.2, 0.25) is 15.9 Å². The van der Waals surface area contributed by atoms with Crippen molar-refractivity contribution in [1.29, 1.82) is 0 Å². The Morgan fingerprint density at radius 1 is 1.08 bits per heavy atom. The number of hydrogen-bond donors (Lipinski definition) is 0. The highest BCUT2D eigenvalue weighted by atomic mass is 32.2. The molecule has 4 aliphatic rings. The Morgan fingerprint density at radius 2 is 1.72 bits per heavy atom. The quantitative estimate of drug-likeness (QED) is 0.744. The van der Waals surface area contributed by atoms with Crippen molar-refractivity contribution in [2.75, 3.05) is 47.3 Å². The summed E-state index contributed by atoms with van der Waals surface area (Å²) in [7, 11) is 2.78. The van der Waals surface area contributed by atoms with E-state index in [9.17, 15) is 13.2 Å². The van der Waals surface area contributed by atoms with Crippen LogP contribution in [0.4, 0.5) is 0 Å². The highest BCUT2D eigenvalue weighted by Gasteiger charge is 2.64. The lowest BCUT2D eigenvalue weighted by atomic mass is 9.66. The van der Waals surface area contributed by atoms with E-state index in [0.29, 0.717) is 19.0 Å². The normalized spacial score (nSPS) is 35.9. The first kappa shape index (κ1) is 17.7. The fourth-order valence-corrected chi connectivity index (χ4v) is 7.80. The van der Waals surface area contributed by atoms with E-state index in [4.69, 9.17) is 0 Å². The van der Waals surface area contributed by atoms with Gasteiger partial charge in [-0.25, -0.2) is 12.7 Å². The van der Waals surface area contributed by atoms with Gasteiger partial charge in [0.25, 0.3) is 0 Å². The molecule has 4 rings (SSSR count). The standard InChI is InChI=1S/C18H31N3O3S/c1-19(2)16(22)18-7-6-17(15(18)12-20(3)13-18)8-10-21(11-9-17)25(23,24)14-4-5-14/h14-15H,4-13H2,1-3H3/t15-,18+/m1/s1. The van der Waals surface area contributed by atoms with Gasteiger partial charge in [0, 0.05) is 40.3 Å². The summed E-state index contributed by atoms with van der Waals surface area (Å²) in [5.41, 5.74) is -0.109. The fourth-order valence-electron chi connectivity index (χ4n) is 5.95. The number of carbonyl (C=O) groups excluding carboxylic acids is 1. The summed E-state index contributed by atoms with van der Waals surface area (Å²) in [6.45, 7) is 3.10. The minimum atomic E-state index is -3.07. The molecule has 2 atom stereocenters. The van der Waals surface area contributed by atoms with Crippen molar-refractivity contribution >= 4 is 15.9 Å². The van der Waals surface area contributed by atoms with Gasteiger partial charge < -0.3 is 9.80 Å². The van der Waals surface area contributed by atoms with Crippen molar-refractivity contribution in [2.24, 2.45) is 16.7 Å². The molecule has 142 valence electrons. The Bertz CT molecular complexity index is 665. The summed E-state index contributed by atoms with van der Waals surface area (Å²) in [6.07, 6.45) is 5.52. The van der Waals surface area contributed by atoms with Crippen LogP contribution in [0.25, 0.3) is 0 Å². The minimum absolute atomic E-state index is 0.114. The predicted octanol–water partition coefficient (Wildman–Crippen LogP) is 0.991. The van der Waals surface area contributed by atoms with Crippen molar-refractivity contribution < 1.29 is 13.2 Å². The Hall–Kier alpha value is -0.660. The average Bonchev–Trinajstić information content (AvgIpc) is 3.32. The molecular formula is C18H31N3O3S. The van der Waals surface area contributed by atoms with Gasteiger partial charge in [-0.05, 0) is 56.9 Å². The summed E-state index contributed by atoms with van der Waals surface area (Å²) < 4.78 is 26.8. The summed E-state index contributed by atoms with van der Waals surface area (Å²) in [5, 5.41) is -0.114. The molecule has 25 heavy (non-hydrogen) atoms. The summed E-state index contributed by atoms with van der Waals surface area (Å²) >= 11 is 0. The molecule has 2 aliphatic heterocycles. The van der Waals surface area contributed by atoms with E-state index in [1.807, 2.05) is 14.1 Å². The number of nitrogens with zero attached hydrogens (tertiary/aromatic N) is 3. The number of sulfonamides is 1. The number of carbonyl (C=O) groups is 1. The molecule has 0 N–H and O–H groups in total. The van der Waals surface area contributed by atoms with Crippen LogP contribution in [0.3, 0.4) is 0 Å². The molecule has 0 radical (unpaired) electrons. The van der Waals surface area contributed by atoms with E-state index in [-0.39, 0.29) is 22.0 Å². The number of rotatable bonds is 3. The lowest BCUT2D eigenvalue weighted by Crippen LogP contribution is -2.49. The predicted molar refractivity (Wildman–Crippen MR) is 96.5 cm³/mol. The Labute approximate surface area is 151 Å². The van der Waals surface area contributed by atoms with Gasteiger partial charge in [0.15, 0.2) is 0 Å². The molecule has 7 heteroatoms. The molecule has 0 aromatic carbocycles. The van der Waals surface area contributed by atoms with E-state index in [1.54, 1.807) is 9.21 Å². The second-order valence-electron chi connectivity index (χ2n) is 9.11. The van der Waals surface area contributed by atoms with Crippen LogP contribution in [0.2, 0.25) is 0 Å². The number of piperidine rings is 1. The molecule has 0 aromatic heterocycles. The van der Waals surface area contributed by atoms with Gasteiger partial charge in [-0.1, -0.05) is 0 Å². The van der Waals surface area contributed by atoms with Crippen LogP contribution < -0.4 is 0 Å². The first-order chi connectivity index (χ1) is 11.7. The molecule has 2 heterocycles. The van der Waals surface area contributed by atoms with Gasteiger partial charge in [0.05, 0.1) is 10.7 Å². The molecule has 0 unspecified atom stereocenters. The zero-order chi connectivity index (χ0) is 18.0. The second-order valence-corrected chi connectivity index (χ2v) is 11.3. The molecule has 6 nitrogen and oxygen atoms in total.